The summed E-state index contributed by atoms with van der Waals surface area (Å²) in [6.07, 6.45) is 6.40. The molecule has 2 aromatic carbocycles. The highest BCUT2D eigenvalue weighted by Gasteiger charge is 2.18. The van der Waals surface area contributed by atoms with Gasteiger partial charge in [0.1, 0.15) is 0 Å². The third-order valence-electron chi connectivity index (χ3n) is 5.78. The molecule has 33 heavy (non-hydrogen) atoms. The quantitative estimate of drug-likeness (QED) is 0.279. The Morgan fingerprint density at radius 1 is 1.00 bits per heavy atom. The van der Waals surface area contributed by atoms with Gasteiger partial charge in [-0.15, -0.1) is 0 Å². The van der Waals surface area contributed by atoms with Crippen LogP contribution in [0.5, 0.6) is 0 Å². The SMILES string of the molecule is CCCCCCCCS(=O)(=O)NC(=O)c1ccc2[nH]c(C)c(Cc3ccc(Cl)cc3Cl)c2c1. The van der Waals surface area contributed by atoms with E-state index in [0.29, 0.717) is 28.5 Å². The number of aryl methyl sites for hydroxylation is 1. The van der Waals surface area contributed by atoms with Gasteiger partial charge in [0.05, 0.1) is 5.75 Å². The standard InChI is InChI=1S/C25H30Cl2N2O3S/c1-3-4-5-6-7-8-13-33(31,32)29-25(30)19-10-12-24-22(15-19)21(17(2)28-24)14-18-9-11-20(26)16-23(18)27/h9-12,15-16,28H,3-8,13-14H2,1-2H3,(H,29,30). The molecule has 0 spiro atoms. The monoisotopic (exact) mass is 508 g/mol. The fourth-order valence-electron chi connectivity index (χ4n) is 3.93. The predicted octanol–water partition coefficient (Wildman–Crippen LogP) is 6.79. The number of nitrogens with one attached hydrogen (secondary N) is 2. The number of fused-ring (bicyclic) bond motifs is 1. The van der Waals surface area contributed by atoms with E-state index in [-0.39, 0.29) is 5.75 Å². The van der Waals surface area contributed by atoms with Crippen molar-refractivity contribution in [2.45, 2.75) is 58.8 Å². The Kier molecular flexibility index (Phi) is 8.85. The second-order valence-electron chi connectivity index (χ2n) is 8.42. The predicted molar refractivity (Wildman–Crippen MR) is 137 cm³/mol. The van der Waals surface area contributed by atoms with Gasteiger partial charge in [-0.1, -0.05) is 68.3 Å². The van der Waals surface area contributed by atoms with Gasteiger partial charge in [0, 0.05) is 38.6 Å². The normalized spacial score (nSPS) is 11.8. The second kappa shape index (κ2) is 11.4. The molecule has 0 fully saturated rings. The van der Waals surface area contributed by atoms with Crippen molar-refractivity contribution in [2.24, 2.45) is 0 Å². The van der Waals surface area contributed by atoms with Gasteiger partial charge in [0.15, 0.2) is 0 Å². The lowest BCUT2D eigenvalue weighted by Crippen LogP contribution is -2.32. The van der Waals surface area contributed by atoms with Crippen molar-refractivity contribution < 1.29 is 13.2 Å². The maximum absolute atomic E-state index is 12.7. The van der Waals surface area contributed by atoms with Crippen molar-refractivity contribution >= 4 is 50.0 Å². The van der Waals surface area contributed by atoms with E-state index < -0.39 is 15.9 Å². The molecular weight excluding hydrogens is 479 g/mol. The zero-order valence-electron chi connectivity index (χ0n) is 19.0. The van der Waals surface area contributed by atoms with Crippen molar-refractivity contribution in [3.8, 4) is 0 Å². The molecule has 178 valence electrons. The number of aromatic nitrogens is 1. The molecule has 0 saturated carbocycles. The van der Waals surface area contributed by atoms with E-state index in [2.05, 4.69) is 16.6 Å². The van der Waals surface area contributed by atoms with Crippen LogP contribution >= 0.6 is 23.2 Å². The first-order chi connectivity index (χ1) is 15.7. The summed E-state index contributed by atoms with van der Waals surface area (Å²) in [5, 5.41) is 2.01. The second-order valence-corrected chi connectivity index (χ2v) is 11.1. The van der Waals surface area contributed by atoms with Gasteiger partial charge >= 0.3 is 0 Å². The van der Waals surface area contributed by atoms with Crippen molar-refractivity contribution in [3.05, 3.63) is 68.8 Å². The summed E-state index contributed by atoms with van der Waals surface area (Å²) in [7, 11) is -3.68. The number of unbranched alkanes of at least 4 members (excludes halogenated alkanes) is 5. The average molecular weight is 509 g/mol. The van der Waals surface area contributed by atoms with Crippen LogP contribution in [0.4, 0.5) is 0 Å². The van der Waals surface area contributed by atoms with Gasteiger partial charge in [-0.05, 0) is 54.8 Å². The summed E-state index contributed by atoms with van der Waals surface area (Å²) in [5.41, 5.74) is 4.06. The number of benzene rings is 2. The number of halogens is 2. The zero-order chi connectivity index (χ0) is 24.0. The highest BCUT2D eigenvalue weighted by molar-refractivity contribution is 7.90. The molecule has 0 saturated heterocycles. The molecule has 0 aliphatic heterocycles. The molecule has 1 heterocycles. The van der Waals surface area contributed by atoms with Gasteiger partial charge < -0.3 is 4.98 Å². The van der Waals surface area contributed by atoms with Crippen LogP contribution in [0, 0.1) is 6.92 Å². The van der Waals surface area contributed by atoms with Crippen LogP contribution < -0.4 is 4.72 Å². The Bertz CT molecular complexity index is 1240. The Balaban J connectivity index is 1.73. The van der Waals surface area contributed by atoms with E-state index in [0.717, 1.165) is 59.8 Å². The van der Waals surface area contributed by atoms with Gasteiger partial charge in [-0.3, -0.25) is 4.79 Å². The van der Waals surface area contributed by atoms with Crippen molar-refractivity contribution in [2.75, 3.05) is 5.75 Å². The molecule has 0 aliphatic carbocycles. The molecule has 3 rings (SSSR count). The minimum atomic E-state index is -3.68. The van der Waals surface area contributed by atoms with Gasteiger partial charge in [0.25, 0.3) is 5.91 Å². The third-order valence-corrected chi connectivity index (χ3v) is 7.69. The summed E-state index contributed by atoms with van der Waals surface area (Å²) in [5.74, 6) is -0.659. The summed E-state index contributed by atoms with van der Waals surface area (Å²) in [6, 6.07) is 10.5. The molecule has 0 aliphatic rings. The number of hydrogen-bond donors (Lipinski definition) is 2. The molecule has 0 atom stereocenters. The lowest BCUT2D eigenvalue weighted by atomic mass is 10.0. The summed E-state index contributed by atoms with van der Waals surface area (Å²) in [4.78, 5) is 16.0. The van der Waals surface area contributed by atoms with E-state index >= 15 is 0 Å². The van der Waals surface area contributed by atoms with Crippen molar-refractivity contribution in [1.29, 1.82) is 0 Å². The number of sulfonamides is 1. The molecule has 1 amide bonds. The van der Waals surface area contributed by atoms with Crippen LogP contribution in [-0.2, 0) is 16.4 Å². The molecule has 5 nitrogen and oxygen atoms in total. The van der Waals surface area contributed by atoms with Crippen molar-refractivity contribution in [3.63, 3.8) is 0 Å². The van der Waals surface area contributed by atoms with Crippen LogP contribution in [0.1, 0.15) is 72.6 Å². The highest BCUT2D eigenvalue weighted by atomic mass is 35.5. The van der Waals surface area contributed by atoms with Crippen LogP contribution in [0.15, 0.2) is 36.4 Å². The maximum Gasteiger partial charge on any atom is 0.264 e. The molecule has 0 radical (unpaired) electrons. The van der Waals surface area contributed by atoms with E-state index in [1.165, 1.54) is 0 Å². The topological polar surface area (TPSA) is 79.0 Å². The smallest absolute Gasteiger partial charge is 0.264 e. The van der Waals surface area contributed by atoms with Gasteiger partial charge in [-0.25, -0.2) is 13.1 Å². The van der Waals surface area contributed by atoms with Crippen LogP contribution in [0.25, 0.3) is 10.9 Å². The summed E-state index contributed by atoms with van der Waals surface area (Å²) in [6.45, 7) is 4.10. The molecule has 0 unspecified atom stereocenters. The lowest BCUT2D eigenvalue weighted by Gasteiger charge is -2.08. The van der Waals surface area contributed by atoms with E-state index in [4.69, 9.17) is 23.2 Å². The summed E-state index contributed by atoms with van der Waals surface area (Å²) < 4.78 is 27.0. The molecule has 2 N–H and O–H groups in total. The summed E-state index contributed by atoms with van der Waals surface area (Å²) >= 11 is 12.4. The number of aromatic amines is 1. The van der Waals surface area contributed by atoms with E-state index in [1.54, 1.807) is 30.3 Å². The first kappa shape index (κ1) is 25.6. The fraction of sp³-hybridized carbons (Fsp3) is 0.400. The Hall–Kier alpha value is -2.02. The number of carbonyl (C=O) groups is 1. The van der Waals surface area contributed by atoms with Crippen molar-refractivity contribution in [1.82, 2.24) is 9.71 Å². The first-order valence-electron chi connectivity index (χ1n) is 11.3. The third kappa shape index (κ3) is 6.98. The number of amides is 1. The Morgan fingerprint density at radius 2 is 1.73 bits per heavy atom. The molecule has 1 aromatic heterocycles. The molecule has 8 heteroatoms. The minimum absolute atomic E-state index is 0.0450. The van der Waals surface area contributed by atoms with E-state index in [9.17, 15) is 13.2 Å². The zero-order valence-corrected chi connectivity index (χ0v) is 21.3. The largest absolute Gasteiger partial charge is 0.358 e. The molecule has 0 bridgehead atoms. The maximum atomic E-state index is 12.7. The van der Waals surface area contributed by atoms with Gasteiger partial charge in [0.2, 0.25) is 10.0 Å². The minimum Gasteiger partial charge on any atom is -0.358 e. The number of rotatable bonds is 11. The first-order valence-corrected chi connectivity index (χ1v) is 13.7. The fourth-order valence-corrected chi connectivity index (χ4v) is 5.49. The number of hydrogen-bond acceptors (Lipinski definition) is 3. The number of H-pyrrole nitrogens is 1. The van der Waals surface area contributed by atoms with Crippen LogP contribution in [0.3, 0.4) is 0 Å². The Labute approximate surface area is 205 Å². The average Bonchev–Trinajstić information content (AvgIpc) is 3.06. The number of carbonyl (C=O) groups excluding carboxylic acids is 1. The van der Waals surface area contributed by atoms with Crippen LogP contribution in [-0.4, -0.2) is 25.1 Å². The Morgan fingerprint density at radius 3 is 2.45 bits per heavy atom. The van der Waals surface area contributed by atoms with Crippen LogP contribution in [0.2, 0.25) is 10.0 Å². The lowest BCUT2D eigenvalue weighted by molar-refractivity contribution is 0.0981. The molecular formula is C25H30Cl2N2O3S. The highest BCUT2D eigenvalue weighted by Crippen LogP contribution is 2.29. The van der Waals surface area contributed by atoms with E-state index in [1.807, 2.05) is 13.0 Å². The van der Waals surface area contributed by atoms with Gasteiger partial charge in [-0.2, -0.15) is 0 Å². The molecule has 3 aromatic rings.